The van der Waals surface area contributed by atoms with Crippen molar-refractivity contribution in [2.45, 2.75) is 91.1 Å². The first-order chi connectivity index (χ1) is 17.2. The molecule has 0 radical (unpaired) electrons. The largest absolute Gasteiger partial charge is 0.481 e. The van der Waals surface area contributed by atoms with E-state index in [1.807, 2.05) is 13.8 Å². The van der Waals surface area contributed by atoms with Crippen molar-refractivity contribution in [1.82, 2.24) is 0 Å². The summed E-state index contributed by atoms with van der Waals surface area (Å²) in [6.07, 6.45) is -4.07. The van der Waals surface area contributed by atoms with E-state index in [1.54, 1.807) is 0 Å². The number of carbonyl (C=O) groups is 6. The normalized spacial score (nSPS) is 42.4. The molecular weight excluding hydrogens is 488 g/mol. The molecule has 0 spiro atoms. The van der Waals surface area contributed by atoms with Gasteiger partial charge in [0.25, 0.3) is 0 Å². The van der Waals surface area contributed by atoms with Gasteiger partial charge >= 0.3 is 29.8 Å². The summed E-state index contributed by atoms with van der Waals surface area (Å²) in [5.74, 6) is -5.98. The van der Waals surface area contributed by atoms with Crippen LogP contribution in [0.3, 0.4) is 0 Å². The molecule has 4 fully saturated rings. The Kier molecular flexibility index (Phi) is 6.87. The Hall–Kier alpha value is -2.98. The van der Waals surface area contributed by atoms with Crippen molar-refractivity contribution in [3.05, 3.63) is 0 Å². The summed E-state index contributed by atoms with van der Waals surface area (Å²) in [6, 6.07) is 0. The van der Waals surface area contributed by atoms with Crippen LogP contribution in [0, 0.1) is 34.5 Å². The van der Waals surface area contributed by atoms with Crippen molar-refractivity contribution in [3.63, 3.8) is 0 Å². The van der Waals surface area contributed by atoms with Crippen LogP contribution in [0.15, 0.2) is 0 Å². The standard InChI is InChI=1S/C26H34O11/c1-11-15-8-19-26(10-20(31)32)16(9-21(33)37-19)17(30)6-7-18(26)25(15,5)24(36-14(4)29)23(35-13(3)28)22(11)34-12(2)27/h11,15-16,18-19,22-24H,6-10H2,1-5H3,(H,31,32). The van der Waals surface area contributed by atoms with E-state index in [0.29, 0.717) is 6.42 Å². The number of esters is 4. The zero-order valence-corrected chi connectivity index (χ0v) is 21.7. The number of Topliss-reactive ketones (excluding diaryl/α,β-unsaturated/α-hetero) is 1. The number of hydrogen-bond acceptors (Lipinski definition) is 10. The maximum absolute atomic E-state index is 13.2. The molecule has 4 rings (SSSR count). The van der Waals surface area contributed by atoms with Gasteiger partial charge in [0.2, 0.25) is 0 Å². The minimum Gasteiger partial charge on any atom is -0.481 e. The van der Waals surface area contributed by atoms with Gasteiger partial charge in [-0.05, 0) is 24.7 Å². The predicted octanol–water partition coefficient (Wildman–Crippen LogP) is 1.83. The van der Waals surface area contributed by atoms with Gasteiger partial charge in [-0.2, -0.15) is 0 Å². The van der Waals surface area contributed by atoms with Gasteiger partial charge in [-0.1, -0.05) is 13.8 Å². The van der Waals surface area contributed by atoms with Crippen LogP contribution in [0.5, 0.6) is 0 Å². The van der Waals surface area contributed by atoms with Crippen LogP contribution in [-0.4, -0.2) is 65.2 Å². The molecule has 1 saturated heterocycles. The molecule has 3 saturated carbocycles. The lowest BCUT2D eigenvalue weighted by molar-refractivity contribution is -0.293. The van der Waals surface area contributed by atoms with Crippen LogP contribution in [0.4, 0.5) is 0 Å². The molecule has 10 atom stereocenters. The fourth-order valence-corrected chi connectivity index (χ4v) is 8.33. The maximum Gasteiger partial charge on any atom is 0.306 e. The molecule has 10 unspecified atom stereocenters. The van der Waals surface area contributed by atoms with Crippen molar-refractivity contribution >= 4 is 35.6 Å². The maximum atomic E-state index is 13.2. The molecule has 3 aliphatic carbocycles. The molecule has 0 aromatic heterocycles. The zero-order valence-electron chi connectivity index (χ0n) is 21.7. The Labute approximate surface area is 214 Å². The fourth-order valence-electron chi connectivity index (χ4n) is 8.33. The molecule has 37 heavy (non-hydrogen) atoms. The molecule has 11 heteroatoms. The topological polar surface area (TPSA) is 160 Å². The minimum absolute atomic E-state index is 0.131. The number of ether oxygens (including phenoxy) is 4. The molecule has 1 heterocycles. The number of rotatable bonds is 5. The van der Waals surface area contributed by atoms with E-state index in [1.165, 1.54) is 20.8 Å². The van der Waals surface area contributed by atoms with Crippen LogP contribution >= 0.6 is 0 Å². The third-order valence-electron chi connectivity index (χ3n) is 9.37. The number of hydrogen-bond donors (Lipinski definition) is 1. The molecule has 11 nitrogen and oxygen atoms in total. The molecule has 1 aliphatic heterocycles. The number of carbonyl (C=O) groups excluding carboxylic acids is 5. The summed E-state index contributed by atoms with van der Waals surface area (Å²) in [5, 5.41) is 10.00. The van der Waals surface area contributed by atoms with Crippen molar-refractivity contribution in [3.8, 4) is 0 Å². The second kappa shape index (κ2) is 9.40. The van der Waals surface area contributed by atoms with Crippen LogP contribution in [0.1, 0.15) is 66.7 Å². The van der Waals surface area contributed by atoms with Gasteiger partial charge in [-0.3, -0.25) is 28.8 Å². The first kappa shape index (κ1) is 27.1. The van der Waals surface area contributed by atoms with Gasteiger partial charge < -0.3 is 24.1 Å². The molecular formula is C26H34O11. The average molecular weight is 523 g/mol. The first-order valence-corrected chi connectivity index (χ1v) is 12.7. The number of aliphatic carboxylic acids is 1. The van der Waals surface area contributed by atoms with Crippen LogP contribution in [0.2, 0.25) is 0 Å². The summed E-state index contributed by atoms with van der Waals surface area (Å²) in [7, 11) is 0. The van der Waals surface area contributed by atoms with Gasteiger partial charge in [0.05, 0.1) is 12.8 Å². The van der Waals surface area contributed by atoms with E-state index >= 15 is 0 Å². The Morgan fingerprint density at radius 3 is 2.16 bits per heavy atom. The second-order valence-electron chi connectivity index (χ2n) is 11.2. The van der Waals surface area contributed by atoms with E-state index in [0.717, 1.165) is 0 Å². The molecule has 1 N–H and O–H groups in total. The Balaban J connectivity index is 1.95. The average Bonchev–Trinajstić information content (AvgIpc) is 2.76. The van der Waals surface area contributed by atoms with E-state index in [2.05, 4.69) is 0 Å². The first-order valence-electron chi connectivity index (χ1n) is 12.7. The third kappa shape index (κ3) is 4.20. The Morgan fingerprint density at radius 2 is 1.59 bits per heavy atom. The molecule has 0 aromatic rings. The monoisotopic (exact) mass is 522 g/mol. The van der Waals surface area contributed by atoms with Gasteiger partial charge in [0, 0.05) is 49.9 Å². The van der Waals surface area contributed by atoms with Gasteiger partial charge in [0.15, 0.2) is 6.10 Å². The Bertz CT molecular complexity index is 1040. The lowest BCUT2D eigenvalue weighted by atomic mass is 9.37. The number of ketones is 1. The highest BCUT2D eigenvalue weighted by atomic mass is 16.6. The van der Waals surface area contributed by atoms with Gasteiger partial charge in [-0.15, -0.1) is 0 Å². The zero-order chi connectivity index (χ0) is 27.4. The van der Waals surface area contributed by atoms with E-state index in [9.17, 15) is 33.9 Å². The number of carboxylic acids is 1. The highest BCUT2D eigenvalue weighted by molar-refractivity contribution is 5.89. The summed E-state index contributed by atoms with van der Waals surface area (Å²) in [4.78, 5) is 74.6. The molecule has 4 aliphatic rings. The van der Waals surface area contributed by atoms with Crippen LogP contribution in [-0.2, 0) is 47.7 Å². The fraction of sp³-hybridized carbons (Fsp3) is 0.769. The number of fused-ring (bicyclic) bond motifs is 2. The van der Waals surface area contributed by atoms with Crippen molar-refractivity contribution in [2.75, 3.05) is 0 Å². The van der Waals surface area contributed by atoms with Crippen LogP contribution in [0.25, 0.3) is 0 Å². The van der Waals surface area contributed by atoms with Crippen molar-refractivity contribution in [2.24, 2.45) is 34.5 Å². The van der Waals surface area contributed by atoms with Gasteiger partial charge in [-0.25, -0.2) is 0 Å². The lowest BCUT2D eigenvalue weighted by Crippen LogP contribution is -2.74. The van der Waals surface area contributed by atoms with Crippen molar-refractivity contribution in [1.29, 1.82) is 0 Å². The minimum atomic E-state index is -1.21. The quantitative estimate of drug-likeness (QED) is 0.414. The smallest absolute Gasteiger partial charge is 0.306 e. The lowest BCUT2D eigenvalue weighted by Gasteiger charge is -2.69. The second-order valence-corrected chi connectivity index (χ2v) is 11.2. The Morgan fingerprint density at radius 1 is 1.00 bits per heavy atom. The van der Waals surface area contributed by atoms with E-state index < -0.39 is 89.3 Å². The number of carboxylic acid groups (broad SMARTS) is 1. The molecule has 0 amide bonds. The summed E-state index contributed by atoms with van der Waals surface area (Å²) < 4.78 is 22.9. The van der Waals surface area contributed by atoms with Crippen LogP contribution < -0.4 is 0 Å². The summed E-state index contributed by atoms with van der Waals surface area (Å²) in [5.41, 5.74) is -2.20. The van der Waals surface area contributed by atoms with Crippen molar-refractivity contribution < 1.29 is 52.8 Å². The molecule has 0 aromatic carbocycles. The summed E-state index contributed by atoms with van der Waals surface area (Å²) in [6.45, 7) is 7.35. The molecule has 0 bridgehead atoms. The summed E-state index contributed by atoms with van der Waals surface area (Å²) >= 11 is 0. The van der Waals surface area contributed by atoms with E-state index in [-0.39, 0.29) is 31.0 Å². The molecule has 204 valence electrons. The highest BCUT2D eigenvalue weighted by Crippen LogP contribution is 2.69. The SMILES string of the molecule is CC(=O)OC1C(C)C2CC3OC(=O)CC4C(=O)CCC(C2(C)C(OC(C)=O)C1OC(C)=O)C34CC(=O)O. The third-order valence-corrected chi connectivity index (χ3v) is 9.37. The van der Waals surface area contributed by atoms with Gasteiger partial charge in [0.1, 0.15) is 24.1 Å². The van der Waals surface area contributed by atoms with E-state index in [4.69, 9.17) is 18.9 Å². The highest BCUT2D eigenvalue weighted by Gasteiger charge is 2.74. The predicted molar refractivity (Wildman–Crippen MR) is 122 cm³/mol.